The molecule has 36 heavy (non-hydrogen) atoms. The van der Waals surface area contributed by atoms with Gasteiger partial charge in [-0.2, -0.15) is 13.2 Å². The minimum Gasteiger partial charge on any atom is -0.481 e. The van der Waals surface area contributed by atoms with Crippen LogP contribution in [0.2, 0.25) is 0 Å². The topological polar surface area (TPSA) is 98.7 Å². The van der Waals surface area contributed by atoms with Crippen molar-refractivity contribution in [2.45, 2.75) is 31.5 Å². The number of rotatable bonds is 6. The van der Waals surface area contributed by atoms with Gasteiger partial charge in [0.25, 0.3) is 0 Å². The van der Waals surface area contributed by atoms with Gasteiger partial charge in [0.15, 0.2) is 0 Å². The van der Waals surface area contributed by atoms with Crippen LogP contribution in [0.4, 0.5) is 29.3 Å². The fourth-order valence-electron chi connectivity index (χ4n) is 4.58. The van der Waals surface area contributed by atoms with Crippen molar-refractivity contribution in [3.63, 3.8) is 0 Å². The van der Waals surface area contributed by atoms with E-state index in [1.807, 2.05) is 12.1 Å². The molecule has 4 N–H and O–H groups in total. The number of alkyl halides is 3. The second kappa shape index (κ2) is 10.4. The molecule has 1 saturated carbocycles. The SMILES string of the molecule is O=C(Nc1ccc(-c2ccc([C@H](O)[C@@H]3CCC[C@H]3C(=O)O)cc2)cc1)Nc1ccc(C(F)(F)F)cc1. The molecular weight excluding hydrogens is 473 g/mol. The molecule has 1 aliphatic rings. The summed E-state index contributed by atoms with van der Waals surface area (Å²) in [4.78, 5) is 23.6. The highest BCUT2D eigenvalue weighted by atomic mass is 19.4. The van der Waals surface area contributed by atoms with E-state index >= 15 is 0 Å². The van der Waals surface area contributed by atoms with Crippen LogP contribution in [-0.4, -0.2) is 22.2 Å². The summed E-state index contributed by atoms with van der Waals surface area (Å²) in [7, 11) is 0. The number of anilines is 2. The first kappa shape index (κ1) is 25.2. The number of urea groups is 1. The van der Waals surface area contributed by atoms with Gasteiger partial charge in [-0.15, -0.1) is 0 Å². The number of hydrogen-bond acceptors (Lipinski definition) is 3. The molecule has 1 aliphatic carbocycles. The lowest BCUT2D eigenvalue weighted by Crippen LogP contribution is -2.23. The number of carboxylic acids is 1. The summed E-state index contributed by atoms with van der Waals surface area (Å²) in [5, 5.41) is 25.2. The second-order valence-corrected chi connectivity index (χ2v) is 8.84. The third-order valence-electron chi connectivity index (χ3n) is 6.49. The quantitative estimate of drug-likeness (QED) is 0.310. The molecule has 0 radical (unpaired) electrons. The molecule has 2 amide bonds. The molecule has 0 aliphatic heterocycles. The van der Waals surface area contributed by atoms with Gasteiger partial charge in [0.1, 0.15) is 0 Å². The highest BCUT2D eigenvalue weighted by Crippen LogP contribution is 2.40. The number of amides is 2. The standard InChI is InChI=1S/C27H25F3N2O4/c28-27(29,30)19-10-14-21(15-11-19)32-26(36)31-20-12-8-17(9-13-20)16-4-6-18(7-5-16)24(33)22-2-1-3-23(22)25(34)35/h4-15,22-24,33H,1-3H2,(H,34,35)(H2,31,32,36)/t22-,23-,24+/m1/s1. The van der Waals surface area contributed by atoms with Crippen LogP contribution >= 0.6 is 0 Å². The summed E-state index contributed by atoms with van der Waals surface area (Å²) < 4.78 is 38.0. The van der Waals surface area contributed by atoms with Crippen LogP contribution in [-0.2, 0) is 11.0 Å². The maximum Gasteiger partial charge on any atom is 0.416 e. The zero-order valence-electron chi connectivity index (χ0n) is 19.1. The lowest BCUT2D eigenvalue weighted by molar-refractivity contribution is -0.144. The van der Waals surface area contributed by atoms with Gasteiger partial charge in [0.05, 0.1) is 17.6 Å². The van der Waals surface area contributed by atoms with Crippen molar-refractivity contribution in [1.82, 2.24) is 0 Å². The Labute approximate surface area is 205 Å². The molecule has 3 atom stereocenters. The van der Waals surface area contributed by atoms with E-state index in [1.165, 1.54) is 12.1 Å². The van der Waals surface area contributed by atoms with Crippen molar-refractivity contribution in [3.8, 4) is 11.1 Å². The third kappa shape index (κ3) is 5.85. The van der Waals surface area contributed by atoms with Crippen molar-refractivity contribution in [1.29, 1.82) is 0 Å². The summed E-state index contributed by atoms with van der Waals surface area (Å²) >= 11 is 0. The first-order chi connectivity index (χ1) is 17.1. The first-order valence-corrected chi connectivity index (χ1v) is 11.5. The lowest BCUT2D eigenvalue weighted by atomic mass is 9.86. The molecule has 6 nitrogen and oxygen atoms in total. The Kier molecular flexibility index (Phi) is 7.30. The Hall–Kier alpha value is -3.85. The van der Waals surface area contributed by atoms with E-state index in [0.717, 1.165) is 29.7 Å². The number of aliphatic carboxylic acids is 1. The minimum absolute atomic E-state index is 0.228. The van der Waals surface area contributed by atoms with Gasteiger partial charge in [-0.3, -0.25) is 4.79 Å². The first-order valence-electron chi connectivity index (χ1n) is 11.5. The Balaban J connectivity index is 1.35. The van der Waals surface area contributed by atoms with Crippen LogP contribution in [0.25, 0.3) is 11.1 Å². The molecule has 0 spiro atoms. The summed E-state index contributed by atoms with van der Waals surface area (Å²) in [6.45, 7) is 0. The van der Waals surface area contributed by atoms with Crippen LogP contribution in [0, 0.1) is 11.8 Å². The number of aliphatic hydroxyl groups is 1. The molecule has 188 valence electrons. The Morgan fingerprint density at radius 2 is 1.31 bits per heavy atom. The Bertz CT molecular complexity index is 1210. The summed E-state index contributed by atoms with van der Waals surface area (Å²) in [6, 6.07) is 17.8. The van der Waals surface area contributed by atoms with Gasteiger partial charge >= 0.3 is 18.2 Å². The van der Waals surface area contributed by atoms with Crippen LogP contribution in [0.15, 0.2) is 72.8 Å². The molecule has 3 aromatic carbocycles. The van der Waals surface area contributed by atoms with E-state index in [9.17, 15) is 33.0 Å². The normalized spacial score (nSPS) is 18.4. The smallest absolute Gasteiger partial charge is 0.416 e. The predicted octanol–water partition coefficient (Wildman–Crippen LogP) is 6.55. The molecule has 0 heterocycles. The van der Waals surface area contributed by atoms with Crippen molar-refractivity contribution < 1.29 is 33.0 Å². The highest BCUT2D eigenvalue weighted by Gasteiger charge is 2.38. The zero-order valence-corrected chi connectivity index (χ0v) is 19.1. The number of hydrogen-bond donors (Lipinski definition) is 4. The number of carboxylic acid groups (broad SMARTS) is 1. The average molecular weight is 499 g/mol. The molecule has 4 rings (SSSR count). The van der Waals surface area contributed by atoms with Gasteiger partial charge in [0, 0.05) is 17.3 Å². The van der Waals surface area contributed by atoms with Crippen LogP contribution in [0.3, 0.4) is 0 Å². The van der Waals surface area contributed by atoms with E-state index in [0.29, 0.717) is 24.1 Å². The molecule has 0 saturated heterocycles. The Morgan fingerprint density at radius 1 is 0.806 bits per heavy atom. The van der Waals surface area contributed by atoms with Gasteiger partial charge in [0.2, 0.25) is 0 Å². The lowest BCUT2D eigenvalue weighted by Gasteiger charge is -2.22. The average Bonchev–Trinajstić information content (AvgIpc) is 3.34. The van der Waals surface area contributed by atoms with Gasteiger partial charge < -0.3 is 20.8 Å². The number of carbonyl (C=O) groups excluding carboxylic acids is 1. The van der Waals surface area contributed by atoms with E-state index in [1.54, 1.807) is 36.4 Å². The molecular formula is C27H25F3N2O4. The molecule has 0 aromatic heterocycles. The summed E-state index contributed by atoms with van der Waals surface area (Å²) in [6.07, 6.45) is -3.22. The van der Waals surface area contributed by atoms with Crippen molar-refractivity contribution in [3.05, 3.63) is 83.9 Å². The third-order valence-corrected chi connectivity index (χ3v) is 6.49. The molecule has 3 aromatic rings. The summed E-state index contributed by atoms with van der Waals surface area (Å²) in [5.41, 5.74) is 2.36. The van der Waals surface area contributed by atoms with Crippen molar-refractivity contribution in [2.75, 3.05) is 10.6 Å². The van der Waals surface area contributed by atoms with Crippen LogP contribution in [0.5, 0.6) is 0 Å². The maximum atomic E-state index is 12.7. The largest absolute Gasteiger partial charge is 0.481 e. The number of halogens is 3. The monoisotopic (exact) mass is 498 g/mol. The highest BCUT2D eigenvalue weighted by molar-refractivity contribution is 5.99. The zero-order chi connectivity index (χ0) is 25.9. The minimum atomic E-state index is -4.44. The molecule has 0 bridgehead atoms. The fraction of sp³-hybridized carbons (Fsp3) is 0.259. The van der Waals surface area contributed by atoms with E-state index in [4.69, 9.17) is 0 Å². The number of aliphatic hydroxyl groups excluding tert-OH is 1. The van der Waals surface area contributed by atoms with E-state index in [2.05, 4.69) is 10.6 Å². The van der Waals surface area contributed by atoms with Gasteiger partial charge in [-0.05, 0) is 65.9 Å². The second-order valence-electron chi connectivity index (χ2n) is 8.84. The van der Waals surface area contributed by atoms with Crippen molar-refractivity contribution in [2.24, 2.45) is 11.8 Å². The van der Waals surface area contributed by atoms with Crippen molar-refractivity contribution >= 4 is 23.4 Å². The summed E-state index contributed by atoms with van der Waals surface area (Å²) in [5.74, 6) is -1.70. The number of benzene rings is 3. The predicted molar refractivity (Wildman–Crippen MR) is 129 cm³/mol. The van der Waals surface area contributed by atoms with Gasteiger partial charge in [-0.25, -0.2) is 4.79 Å². The van der Waals surface area contributed by atoms with E-state index < -0.39 is 35.8 Å². The fourth-order valence-corrected chi connectivity index (χ4v) is 4.58. The van der Waals surface area contributed by atoms with Crippen LogP contribution in [0.1, 0.15) is 36.5 Å². The molecule has 1 fully saturated rings. The maximum absolute atomic E-state index is 12.7. The molecule has 0 unspecified atom stereocenters. The van der Waals surface area contributed by atoms with Crippen LogP contribution < -0.4 is 10.6 Å². The number of nitrogens with one attached hydrogen (secondary N) is 2. The van der Waals surface area contributed by atoms with Gasteiger partial charge in [-0.1, -0.05) is 42.8 Å². The Morgan fingerprint density at radius 3 is 1.81 bits per heavy atom. The van der Waals surface area contributed by atoms with E-state index in [-0.39, 0.29) is 11.6 Å². The molecule has 9 heteroatoms. The number of carbonyl (C=O) groups is 2.